The molecular weight excluding hydrogens is 406 g/mol. The summed E-state index contributed by atoms with van der Waals surface area (Å²) >= 11 is 0. The molecule has 0 bridgehead atoms. The monoisotopic (exact) mass is 431 g/mol. The largest absolute Gasteiger partial charge is 0.496 e. The van der Waals surface area contributed by atoms with Gasteiger partial charge in [-0.15, -0.1) is 0 Å². The van der Waals surface area contributed by atoms with Gasteiger partial charge < -0.3 is 20.7 Å². The first-order valence-electron chi connectivity index (χ1n) is 10.1. The zero-order valence-electron chi connectivity index (χ0n) is 18.0. The van der Waals surface area contributed by atoms with Crippen LogP contribution < -0.4 is 20.7 Å². The molecule has 0 aromatic heterocycles. The van der Waals surface area contributed by atoms with E-state index in [2.05, 4.69) is 16.0 Å². The Morgan fingerprint density at radius 1 is 0.750 bits per heavy atom. The van der Waals surface area contributed by atoms with E-state index >= 15 is 0 Å². The van der Waals surface area contributed by atoms with Crippen molar-refractivity contribution in [3.63, 3.8) is 0 Å². The van der Waals surface area contributed by atoms with Crippen LogP contribution in [0.15, 0.2) is 72.8 Å². The summed E-state index contributed by atoms with van der Waals surface area (Å²) in [6.45, 7) is 2.42. The standard InChI is InChI=1S/C25H25N3O4/c1-17-9-3-4-10-18(17)15-27-24(30)25(31)28-21-13-7-6-12-20(21)23(29)26-16-19-11-5-8-14-22(19)32-2/h3-14H,15-16H2,1-2H3,(H,26,29)(H,27,30)(H,28,31). The summed E-state index contributed by atoms with van der Waals surface area (Å²) in [6, 6.07) is 21.5. The molecule has 0 aliphatic carbocycles. The highest BCUT2D eigenvalue weighted by molar-refractivity contribution is 6.40. The first-order chi connectivity index (χ1) is 15.5. The fourth-order valence-electron chi connectivity index (χ4n) is 3.15. The van der Waals surface area contributed by atoms with Crippen molar-refractivity contribution in [3.05, 3.63) is 95.1 Å². The van der Waals surface area contributed by atoms with Crippen LogP contribution in [-0.4, -0.2) is 24.8 Å². The molecule has 0 saturated heterocycles. The number of nitrogens with one attached hydrogen (secondary N) is 3. The molecule has 3 amide bonds. The minimum Gasteiger partial charge on any atom is -0.496 e. The van der Waals surface area contributed by atoms with Crippen LogP contribution in [0.1, 0.15) is 27.0 Å². The van der Waals surface area contributed by atoms with Crippen LogP contribution in [0.5, 0.6) is 5.75 Å². The normalized spacial score (nSPS) is 10.2. The van der Waals surface area contributed by atoms with Gasteiger partial charge >= 0.3 is 11.8 Å². The molecule has 0 radical (unpaired) electrons. The fourth-order valence-corrected chi connectivity index (χ4v) is 3.15. The maximum Gasteiger partial charge on any atom is 0.313 e. The van der Waals surface area contributed by atoms with E-state index in [1.807, 2.05) is 55.5 Å². The molecule has 0 unspecified atom stereocenters. The second kappa shape index (κ2) is 10.8. The van der Waals surface area contributed by atoms with Gasteiger partial charge in [-0.3, -0.25) is 14.4 Å². The third kappa shape index (κ3) is 5.72. The van der Waals surface area contributed by atoms with E-state index in [9.17, 15) is 14.4 Å². The predicted molar refractivity (Wildman–Crippen MR) is 122 cm³/mol. The number of aryl methyl sites for hydroxylation is 1. The number of carbonyl (C=O) groups is 3. The van der Waals surface area contributed by atoms with Gasteiger partial charge in [0.15, 0.2) is 0 Å². The third-order valence-corrected chi connectivity index (χ3v) is 4.96. The lowest BCUT2D eigenvalue weighted by Crippen LogP contribution is -2.35. The van der Waals surface area contributed by atoms with Gasteiger partial charge in [0, 0.05) is 18.7 Å². The molecule has 0 spiro atoms. The highest BCUT2D eigenvalue weighted by Gasteiger charge is 2.18. The van der Waals surface area contributed by atoms with E-state index < -0.39 is 11.8 Å². The van der Waals surface area contributed by atoms with Crippen molar-refractivity contribution < 1.29 is 19.1 Å². The van der Waals surface area contributed by atoms with E-state index in [0.29, 0.717) is 5.75 Å². The molecule has 0 fully saturated rings. The maximum absolute atomic E-state index is 12.7. The smallest absolute Gasteiger partial charge is 0.313 e. The average molecular weight is 431 g/mol. The molecule has 0 saturated carbocycles. The molecule has 3 aromatic rings. The molecule has 7 nitrogen and oxygen atoms in total. The number of anilines is 1. The van der Waals surface area contributed by atoms with Gasteiger partial charge in [0.25, 0.3) is 5.91 Å². The Labute approximate surface area is 186 Å². The van der Waals surface area contributed by atoms with Crippen molar-refractivity contribution in [1.29, 1.82) is 0 Å². The number of methoxy groups -OCH3 is 1. The molecule has 0 heterocycles. The Hall–Kier alpha value is -4.13. The number of hydrogen-bond donors (Lipinski definition) is 3. The van der Waals surface area contributed by atoms with Gasteiger partial charge in [0.2, 0.25) is 0 Å². The Balaban J connectivity index is 1.62. The van der Waals surface area contributed by atoms with Crippen LogP contribution in [0.2, 0.25) is 0 Å². The minimum atomic E-state index is -0.844. The minimum absolute atomic E-state index is 0.236. The molecule has 0 atom stereocenters. The second-order valence-electron chi connectivity index (χ2n) is 7.10. The van der Waals surface area contributed by atoms with Crippen molar-refractivity contribution in [2.45, 2.75) is 20.0 Å². The SMILES string of the molecule is COc1ccccc1CNC(=O)c1ccccc1NC(=O)C(=O)NCc1ccccc1C. The first-order valence-corrected chi connectivity index (χ1v) is 10.1. The molecular formula is C25H25N3O4. The van der Waals surface area contributed by atoms with Crippen LogP contribution in [0.4, 0.5) is 5.69 Å². The zero-order valence-corrected chi connectivity index (χ0v) is 18.0. The van der Waals surface area contributed by atoms with Crippen molar-refractivity contribution in [3.8, 4) is 5.75 Å². The summed E-state index contributed by atoms with van der Waals surface area (Å²) in [5.41, 5.74) is 3.26. The highest BCUT2D eigenvalue weighted by atomic mass is 16.5. The summed E-state index contributed by atoms with van der Waals surface area (Å²) in [6.07, 6.45) is 0. The molecule has 7 heteroatoms. The van der Waals surface area contributed by atoms with Gasteiger partial charge in [0.05, 0.1) is 18.4 Å². The van der Waals surface area contributed by atoms with Crippen LogP contribution in [0.25, 0.3) is 0 Å². The number of ether oxygens (including phenoxy) is 1. The van der Waals surface area contributed by atoms with Gasteiger partial charge in [-0.1, -0.05) is 54.6 Å². The highest BCUT2D eigenvalue weighted by Crippen LogP contribution is 2.18. The number of hydrogen-bond acceptors (Lipinski definition) is 4. The van der Waals surface area contributed by atoms with Crippen LogP contribution in [0, 0.1) is 6.92 Å². The van der Waals surface area contributed by atoms with E-state index in [-0.39, 0.29) is 30.2 Å². The maximum atomic E-state index is 12.7. The molecule has 3 N–H and O–H groups in total. The van der Waals surface area contributed by atoms with E-state index in [1.54, 1.807) is 31.4 Å². The number of benzene rings is 3. The first kappa shape index (κ1) is 22.6. The number of para-hydroxylation sites is 2. The number of amides is 3. The summed E-state index contributed by atoms with van der Waals surface area (Å²) in [7, 11) is 1.57. The van der Waals surface area contributed by atoms with Crippen LogP contribution in [-0.2, 0) is 22.7 Å². The summed E-state index contributed by atoms with van der Waals surface area (Å²) < 4.78 is 5.30. The van der Waals surface area contributed by atoms with E-state index in [4.69, 9.17) is 4.74 Å². The Morgan fingerprint density at radius 2 is 1.38 bits per heavy atom. The average Bonchev–Trinajstić information content (AvgIpc) is 2.82. The Kier molecular flexibility index (Phi) is 7.59. The van der Waals surface area contributed by atoms with Crippen LogP contribution >= 0.6 is 0 Å². The quantitative estimate of drug-likeness (QED) is 0.501. The topological polar surface area (TPSA) is 96.5 Å². The molecule has 3 rings (SSSR count). The lowest BCUT2D eigenvalue weighted by molar-refractivity contribution is -0.136. The molecule has 0 aliphatic rings. The van der Waals surface area contributed by atoms with E-state index in [1.165, 1.54) is 0 Å². The Morgan fingerprint density at radius 3 is 2.12 bits per heavy atom. The van der Waals surface area contributed by atoms with Gasteiger partial charge in [-0.05, 0) is 36.2 Å². The molecule has 0 aliphatic heterocycles. The van der Waals surface area contributed by atoms with Gasteiger partial charge in [-0.2, -0.15) is 0 Å². The summed E-state index contributed by atoms with van der Waals surface area (Å²) in [5.74, 6) is -1.34. The summed E-state index contributed by atoms with van der Waals surface area (Å²) in [5, 5.41) is 7.94. The number of carbonyl (C=O) groups excluding carboxylic acids is 3. The Bertz CT molecular complexity index is 1130. The van der Waals surface area contributed by atoms with Crippen LogP contribution in [0.3, 0.4) is 0 Å². The third-order valence-electron chi connectivity index (χ3n) is 4.96. The zero-order chi connectivity index (χ0) is 22.9. The van der Waals surface area contributed by atoms with Gasteiger partial charge in [0.1, 0.15) is 5.75 Å². The lowest BCUT2D eigenvalue weighted by atomic mass is 10.1. The lowest BCUT2D eigenvalue weighted by Gasteiger charge is -2.13. The predicted octanol–water partition coefficient (Wildman–Crippen LogP) is 3.19. The second-order valence-corrected chi connectivity index (χ2v) is 7.10. The van der Waals surface area contributed by atoms with Crippen molar-refractivity contribution in [2.24, 2.45) is 0 Å². The van der Waals surface area contributed by atoms with E-state index in [0.717, 1.165) is 16.7 Å². The molecule has 3 aromatic carbocycles. The van der Waals surface area contributed by atoms with Gasteiger partial charge in [-0.25, -0.2) is 0 Å². The summed E-state index contributed by atoms with van der Waals surface area (Å²) in [4.78, 5) is 37.4. The van der Waals surface area contributed by atoms with Crippen molar-refractivity contribution in [1.82, 2.24) is 10.6 Å². The van der Waals surface area contributed by atoms with Crippen molar-refractivity contribution >= 4 is 23.4 Å². The van der Waals surface area contributed by atoms with Crippen molar-refractivity contribution in [2.75, 3.05) is 12.4 Å². The fraction of sp³-hybridized carbons (Fsp3) is 0.160. The molecule has 32 heavy (non-hydrogen) atoms. The molecule has 164 valence electrons. The number of rotatable bonds is 7.